The van der Waals surface area contributed by atoms with Gasteiger partial charge < -0.3 is 14.2 Å². The second kappa shape index (κ2) is 8.99. The van der Waals surface area contributed by atoms with E-state index in [1.54, 1.807) is 19.1 Å². The van der Waals surface area contributed by atoms with Crippen molar-refractivity contribution in [1.29, 1.82) is 0 Å². The average molecular weight is 575 g/mol. The zero-order valence-electron chi connectivity index (χ0n) is 22.7. The Kier molecular flexibility index (Phi) is 5.27. The van der Waals surface area contributed by atoms with Gasteiger partial charge in [0.1, 0.15) is 5.75 Å². The standard InChI is InChI=1S/C33H22N2O8/c1-16-12-19(35(39)40)8-10-24(16)34-31(36)27-22(18-7-11-25-26(13-18)42-15-41-25)14-23-21-9-6-17-4-2-3-5-20(17)30(21)43-33(38)28(23)29(27)32(34)37/h2-14,22,27-29H,15H2,1H3/t22-,27+,28+,29-/m0/s1. The van der Waals surface area contributed by atoms with Crippen LogP contribution >= 0.6 is 0 Å². The van der Waals surface area contributed by atoms with Gasteiger partial charge in [-0.15, -0.1) is 0 Å². The average Bonchev–Trinajstić information content (AvgIpc) is 3.58. The molecule has 212 valence electrons. The Morgan fingerprint density at radius 3 is 2.49 bits per heavy atom. The molecule has 0 aromatic heterocycles. The van der Waals surface area contributed by atoms with E-state index in [9.17, 15) is 24.5 Å². The maximum Gasteiger partial charge on any atom is 0.319 e. The number of esters is 1. The van der Waals surface area contributed by atoms with E-state index in [0.29, 0.717) is 33.9 Å². The molecule has 10 heteroatoms. The minimum atomic E-state index is -1.05. The molecule has 4 aromatic carbocycles. The van der Waals surface area contributed by atoms with Crippen LogP contribution in [-0.4, -0.2) is 29.5 Å². The summed E-state index contributed by atoms with van der Waals surface area (Å²) in [6, 6.07) is 20.8. The van der Waals surface area contributed by atoms with Crippen molar-refractivity contribution in [1.82, 2.24) is 0 Å². The molecule has 0 unspecified atom stereocenters. The van der Waals surface area contributed by atoms with E-state index in [0.717, 1.165) is 21.2 Å². The summed E-state index contributed by atoms with van der Waals surface area (Å²) in [4.78, 5) is 54.3. The largest absolute Gasteiger partial charge is 0.454 e. The van der Waals surface area contributed by atoms with Gasteiger partial charge in [0.15, 0.2) is 11.5 Å². The van der Waals surface area contributed by atoms with Gasteiger partial charge in [0.25, 0.3) is 5.69 Å². The predicted octanol–water partition coefficient (Wildman–Crippen LogP) is 5.31. The fraction of sp³-hybridized carbons (Fsp3) is 0.182. The van der Waals surface area contributed by atoms with Crippen molar-refractivity contribution in [3.63, 3.8) is 0 Å². The molecule has 3 aliphatic heterocycles. The van der Waals surface area contributed by atoms with Gasteiger partial charge in [0, 0.05) is 29.0 Å². The van der Waals surface area contributed by atoms with Gasteiger partial charge in [-0.2, -0.15) is 0 Å². The molecule has 0 N–H and O–H groups in total. The Hall–Kier alpha value is -5.51. The highest BCUT2D eigenvalue weighted by Crippen LogP contribution is 2.56. The highest BCUT2D eigenvalue weighted by atomic mass is 16.7. The lowest BCUT2D eigenvalue weighted by atomic mass is 9.64. The summed E-state index contributed by atoms with van der Waals surface area (Å²) in [6.45, 7) is 1.69. The number of carbonyl (C=O) groups is 3. The Bertz CT molecular complexity index is 1980. The number of amides is 2. The van der Waals surface area contributed by atoms with Gasteiger partial charge in [-0.3, -0.25) is 24.5 Å². The smallest absolute Gasteiger partial charge is 0.319 e. The van der Waals surface area contributed by atoms with Crippen LogP contribution in [0.2, 0.25) is 0 Å². The zero-order chi connectivity index (χ0) is 29.6. The van der Waals surface area contributed by atoms with Gasteiger partial charge >= 0.3 is 5.97 Å². The van der Waals surface area contributed by atoms with Crippen molar-refractivity contribution in [2.45, 2.75) is 12.8 Å². The molecule has 1 aliphatic carbocycles. The van der Waals surface area contributed by atoms with Crippen molar-refractivity contribution >= 4 is 45.5 Å². The van der Waals surface area contributed by atoms with Crippen LogP contribution < -0.4 is 19.1 Å². The van der Waals surface area contributed by atoms with E-state index in [2.05, 4.69) is 0 Å². The predicted molar refractivity (Wildman–Crippen MR) is 154 cm³/mol. The minimum Gasteiger partial charge on any atom is -0.454 e. The lowest BCUT2D eigenvalue weighted by molar-refractivity contribution is -0.384. The first-order chi connectivity index (χ1) is 20.8. The number of non-ortho nitro benzene ring substituents is 1. The quantitative estimate of drug-likeness (QED) is 0.106. The van der Waals surface area contributed by atoms with Crippen LogP contribution in [0.5, 0.6) is 17.2 Å². The third kappa shape index (κ3) is 3.56. The molecular weight excluding hydrogens is 552 g/mol. The van der Waals surface area contributed by atoms with E-state index in [1.807, 2.05) is 48.5 Å². The van der Waals surface area contributed by atoms with E-state index < -0.39 is 46.4 Å². The van der Waals surface area contributed by atoms with Gasteiger partial charge in [-0.25, -0.2) is 4.90 Å². The number of nitrogens with zero attached hydrogens (tertiary/aromatic N) is 2. The monoisotopic (exact) mass is 574 g/mol. The van der Waals surface area contributed by atoms with Crippen molar-refractivity contribution in [3.8, 4) is 17.2 Å². The number of allylic oxidation sites excluding steroid dienone is 1. The lowest BCUT2D eigenvalue weighted by Gasteiger charge is -2.38. The number of ether oxygens (including phenoxy) is 3. The van der Waals surface area contributed by atoms with Crippen LogP contribution in [-0.2, 0) is 14.4 Å². The van der Waals surface area contributed by atoms with E-state index in [-0.39, 0.29) is 18.2 Å². The van der Waals surface area contributed by atoms with Gasteiger partial charge in [-0.1, -0.05) is 48.5 Å². The number of hydrogen-bond donors (Lipinski definition) is 0. The highest BCUT2D eigenvalue weighted by Gasteiger charge is 2.60. The third-order valence-electron chi connectivity index (χ3n) is 8.90. The summed E-state index contributed by atoms with van der Waals surface area (Å²) < 4.78 is 17.1. The van der Waals surface area contributed by atoms with Crippen LogP contribution in [0.3, 0.4) is 0 Å². The molecule has 0 radical (unpaired) electrons. The van der Waals surface area contributed by atoms with E-state index >= 15 is 0 Å². The molecule has 1 saturated heterocycles. The number of hydrogen-bond acceptors (Lipinski definition) is 8. The summed E-state index contributed by atoms with van der Waals surface area (Å²) in [5, 5.41) is 13.0. The topological polar surface area (TPSA) is 125 Å². The molecular formula is C33H22N2O8. The molecule has 4 atom stereocenters. The third-order valence-corrected chi connectivity index (χ3v) is 8.90. The van der Waals surface area contributed by atoms with E-state index in [4.69, 9.17) is 14.2 Å². The Morgan fingerprint density at radius 1 is 0.884 bits per heavy atom. The van der Waals surface area contributed by atoms with Crippen LogP contribution in [0.1, 0.15) is 22.6 Å². The fourth-order valence-corrected chi connectivity index (χ4v) is 6.98. The number of nitro benzene ring substituents is 1. The molecule has 8 rings (SSSR count). The summed E-state index contributed by atoms with van der Waals surface area (Å²) in [5.74, 6) is -3.67. The Labute approximate surface area is 244 Å². The van der Waals surface area contributed by atoms with Gasteiger partial charge in [-0.05, 0) is 47.2 Å². The highest BCUT2D eigenvalue weighted by molar-refractivity contribution is 6.25. The van der Waals surface area contributed by atoms with Crippen LogP contribution in [0.4, 0.5) is 11.4 Å². The first-order valence-electron chi connectivity index (χ1n) is 13.8. The number of fused-ring (bicyclic) bond motifs is 8. The number of anilines is 1. The SMILES string of the molecule is Cc1cc([N+](=O)[O-])ccc1N1C(=O)[C@@H]2[C@@H]3C(=O)Oc4c(ccc5ccccc45)C3=C[C@@H](c3ccc4c(c3)OCO4)[C@H]2C1=O. The van der Waals surface area contributed by atoms with Gasteiger partial charge in [0.05, 0.1) is 28.4 Å². The maximum absolute atomic E-state index is 14.3. The molecule has 0 saturated carbocycles. The molecule has 2 amide bonds. The van der Waals surface area contributed by atoms with Crippen molar-refractivity contribution < 1.29 is 33.5 Å². The maximum atomic E-state index is 14.3. The summed E-state index contributed by atoms with van der Waals surface area (Å²) in [7, 11) is 0. The van der Waals surface area contributed by atoms with Crippen molar-refractivity contribution in [3.05, 3.63) is 106 Å². The number of nitro groups is 1. The lowest BCUT2D eigenvalue weighted by Crippen LogP contribution is -2.42. The van der Waals surface area contributed by atoms with Crippen molar-refractivity contribution in [2.24, 2.45) is 17.8 Å². The number of aryl methyl sites for hydroxylation is 1. The first-order valence-corrected chi connectivity index (χ1v) is 13.8. The molecule has 4 aliphatic rings. The molecule has 43 heavy (non-hydrogen) atoms. The normalized spacial score (nSPS) is 23.4. The molecule has 0 bridgehead atoms. The number of benzene rings is 4. The number of rotatable bonds is 3. The second-order valence-corrected chi connectivity index (χ2v) is 11.1. The number of imide groups is 1. The first kappa shape index (κ1) is 25.2. The molecule has 1 fully saturated rings. The van der Waals surface area contributed by atoms with Crippen LogP contribution in [0, 0.1) is 34.8 Å². The Morgan fingerprint density at radius 2 is 1.67 bits per heavy atom. The van der Waals surface area contributed by atoms with Gasteiger partial charge in [0.2, 0.25) is 18.6 Å². The van der Waals surface area contributed by atoms with Crippen LogP contribution in [0.15, 0.2) is 78.9 Å². The van der Waals surface area contributed by atoms with Crippen molar-refractivity contribution in [2.75, 3.05) is 11.7 Å². The molecule has 10 nitrogen and oxygen atoms in total. The molecule has 3 heterocycles. The summed E-state index contributed by atoms with van der Waals surface area (Å²) in [6.07, 6.45) is 1.91. The van der Waals surface area contributed by atoms with Crippen LogP contribution in [0.25, 0.3) is 16.3 Å². The number of carbonyl (C=O) groups excluding carboxylic acids is 3. The molecule has 0 spiro atoms. The summed E-state index contributed by atoms with van der Waals surface area (Å²) in [5.41, 5.74) is 2.54. The molecule has 4 aromatic rings. The second-order valence-electron chi connectivity index (χ2n) is 11.1. The van der Waals surface area contributed by atoms with E-state index in [1.165, 1.54) is 18.2 Å². The zero-order valence-corrected chi connectivity index (χ0v) is 22.7. The fourth-order valence-electron chi connectivity index (χ4n) is 6.98. The minimum absolute atomic E-state index is 0.0789. The Balaban J connectivity index is 1.32. The summed E-state index contributed by atoms with van der Waals surface area (Å²) >= 11 is 0.